The van der Waals surface area contributed by atoms with Gasteiger partial charge in [0.2, 0.25) is 15.9 Å². The summed E-state index contributed by atoms with van der Waals surface area (Å²) in [6.45, 7) is 6.26. The minimum atomic E-state index is -3.69. The topological polar surface area (TPSA) is 78.0 Å². The molecule has 1 aliphatic carbocycles. The van der Waals surface area contributed by atoms with Gasteiger partial charge in [0.15, 0.2) is 0 Å². The molecule has 0 radical (unpaired) electrons. The van der Waals surface area contributed by atoms with Crippen molar-refractivity contribution in [1.29, 1.82) is 0 Å². The molecule has 8 heteroatoms. The van der Waals surface area contributed by atoms with E-state index in [0.29, 0.717) is 31.1 Å². The SMILES string of the molecule is CCCN(CC1CC1)C(=O)c1cccc(S(=O)(=O)N2CCN(C(C)=O)CC2)c1. The lowest BCUT2D eigenvalue weighted by atomic mass is 10.2. The standard InChI is InChI=1S/C20H29N3O4S/c1-3-9-22(15-17-7-8-17)20(25)18-5-4-6-19(14-18)28(26,27)23-12-10-21(11-13-23)16(2)24/h4-6,14,17H,3,7-13,15H2,1-2H3. The van der Waals surface area contributed by atoms with Gasteiger partial charge in [-0.2, -0.15) is 4.31 Å². The van der Waals surface area contributed by atoms with Crippen molar-refractivity contribution >= 4 is 21.8 Å². The summed E-state index contributed by atoms with van der Waals surface area (Å²) in [7, 11) is -3.69. The first-order chi connectivity index (χ1) is 13.3. The van der Waals surface area contributed by atoms with Gasteiger partial charge >= 0.3 is 0 Å². The quantitative estimate of drug-likeness (QED) is 0.691. The number of sulfonamides is 1. The summed E-state index contributed by atoms with van der Waals surface area (Å²) >= 11 is 0. The van der Waals surface area contributed by atoms with Crippen molar-refractivity contribution in [3.05, 3.63) is 29.8 Å². The van der Waals surface area contributed by atoms with Gasteiger partial charge in [-0.05, 0) is 43.4 Å². The van der Waals surface area contributed by atoms with Crippen LogP contribution in [0.4, 0.5) is 0 Å². The summed E-state index contributed by atoms with van der Waals surface area (Å²) in [5, 5.41) is 0. The maximum Gasteiger partial charge on any atom is 0.253 e. The summed E-state index contributed by atoms with van der Waals surface area (Å²) in [6.07, 6.45) is 3.19. The second kappa shape index (κ2) is 8.61. The Morgan fingerprint density at radius 1 is 1.14 bits per heavy atom. The van der Waals surface area contributed by atoms with E-state index in [1.807, 2.05) is 11.8 Å². The van der Waals surface area contributed by atoms with Crippen molar-refractivity contribution in [1.82, 2.24) is 14.1 Å². The normalized spacial score (nSPS) is 18.1. The molecule has 28 heavy (non-hydrogen) atoms. The van der Waals surface area contributed by atoms with E-state index in [-0.39, 0.29) is 29.8 Å². The molecule has 154 valence electrons. The molecule has 0 N–H and O–H groups in total. The van der Waals surface area contributed by atoms with Gasteiger partial charge in [-0.1, -0.05) is 13.0 Å². The molecular weight excluding hydrogens is 378 g/mol. The van der Waals surface area contributed by atoms with E-state index in [1.54, 1.807) is 17.0 Å². The van der Waals surface area contributed by atoms with Crippen molar-refractivity contribution in [2.75, 3.05) is 39.3 Å². The first-order valence-electron chi connectivity index (χ1n) is 9.98. The van der Waals surface area contributed by atoms with Crippen LogP contribution >= 0.6 is 0 Å². The second-order valence-corrected chi connectivity index (χ2v) is 9.57. The van der Waals surface area contributed by atoms with Crippen LogP contribution in [0, 0.1) is 5.92 Å². The molecule has 0 bridgehead atoms. The third-order valence-corrected chi connectivity index (χ3v) is 7.25. The Bertz CT molecular complexity index is 828. The van der Waals surface area contributed by atoms with Crippen molar-refractivity contribution < 1.29 is 18.0 Å². The number of benzene rings is 1. The number of carbonyl (C=O) groups is 2. The van der Waals surface area contributed by atoms with Crippen molar-refractivity contribution in [2.24, 2.45) is 5.92 Å². The van der Waals surface area contributed by atoms with Crippen LogP contribution < -0.4 is 0 Å². The largest absolute Gasteiger partial charge is 0.340 e. The van der Waals surface area contributed by atoms with Crippen LogP contribution in [0.15, 0.2) is 29.2 Å². The van der Waals surface area contributed by atoms with Gasteiger partial charge in [-0.15, -0.1) is 0 Å². The van der Waals surface area contributed by atoms with Gasteiger partial charge in [0.25, 0.3) is 5.91 Å². The number of nitrogens with zero attached hydrogens (tertiary/aromatic N) is 3. The van der Waals surface area contributed by atoms with Crippen LogP contribution in [0.25, 0.3) is 0 Å². The molecule has 0 spiro atoms. The highest BCUT2D eigenvalue weighted by Gasteiger charge is 2.31. The highest BCUT2D eigenvalue weighted by atomic mass is 32.2. The number of carbonyl (C=O) groups excluding carboxylic acids is 2. The van der Waals surface area contributed by atoms with Crippen molar-refractivity contribution in [3.63, 3.8) is 0 Å². The minimum Gasteiger partial charge on any atom is -0.340 e. The Kier molecular flexibility index (Phi) is 6.40. The van der Waals surface area contributed by atoms with E-state index in [4.69, 9.17) is 0 Å². The Morgan fingerprint density at radius 3 is 2.39 bits per heavy atom. The zero-order valence-electron chi connectivity index (χ0n) is 16.6. The smallest absolute Gasteiger partial charge is 0.253 e. The third-order valence-electron chi connectivity index (χ3n) is 5.36. The van der Waals surface area contributed by atoms with Gasteiger partial charge in [0, 0.05) is 51.8 Å². The number of rotatable bonds is 7. The van der Waals surface area contributed by atoms with E-state index >= 15 is 0 Å². The molecule has 2 fully saturated rings. The number of hydrogen-bond acceptors (Lipinski definition) is 4. The zero-order valence-corrected chi connectivity index (χ0v) is 17.5. The molecule has 0 unspecified atom stereocenters. The molecule has 1 aromatic rings. The molecule has 2 amide bonds. The molecule has 1 aliphatic heterocycles. The fraction of sp³-hybridized carbons (Fsp3) is 0.600. The molecule has 1 saturated carbocycles. The number of amides is 2. The number of hydrogen-bond donors (Lipinski definition) is 0. The number of piperazine rings is 1. The molecule has 0 atom stereocenters. The lowest BCUT2D eigenvalue weighted by molar-refractivity contribution is -0.129. The zero-order chi connectivity index (χ0) is 20.3. The highest BCUT2D eigenvalue weighted by Crippen LogP contribution is 2.30. The predicted octanol–water partition coefficient (Wildman–Crippen LogP) is 1.80. The van der Waals surface area contributed by atoms with E-state index in [2.05, 4.69) is 0 Å². The Labute approximate surface area is 167 Å². The van der Waals surface area contributed by atoms with Gasteiger partial charge in [0.05, 0.1) is 4.90 Å². The molecule has 1 aromatic carbocycles. The molecule has 1 heterocycles. The monoisotopic (exact) mass is 407 g/mol. The van der Waals surface area contributed by atoms with Gasteiger partial charge in [-0.25, -0.2) is 8.42 Å². The summed E-state index contributed by atoms with van der Waals surface area (Å²) in [6, 6.07) is 6.34. The van der Waals surface area contributed by atoms with Crippen molar-refractivity contribution in [2.45, 2.75) is 38.0 Å². The Balaban J connectivity index is 1.76. The summed E-state index contributed by atoms with van der Waals surface area (Å²) in [5.41, 5.74) is 0.414. The van der Waals surface area contributed by atoms with Crippen LogP contribution in [0.3, 0.4) is 0 Å². The first kappa shape index (κ1) is 20.8. The van der Waals surface area contributed by atoms with Gasteiger partial charge in [-0.3, -0.25) is 9.59 Å². The first-order valence-corrected chi connectivity index (χ1v) is 11.4. The summed E-state index contributed by atoms with van der Waals surface area (Å²) < 4.78 is 27.4. The molecule has 2 aliphatic rings. The fourth-order valence-corrected chi connectivity index (χ4v) is 4.99. The van der Waals surface area contributed by atoms with Crippen LogP contribution in [0.5, 0.6) is 0 Å². The maximum atomic E-state index is 13.0. The fourth-order valence-electron chi connectivity index (χ4n) is 3.52. The molecular formula is C20H29N3O4S. The Morgan fingerprint density at radius 2 is 1.82 bits per heavy atom. The van der Waals surface area contributed by atoms with Crippen LogP contribution in [0.2, 0.25) is 0 Å². The van der Waals surface area contributed by atoms with E-state index in [0.717, 1.165) is 25.8 Å². The van der Waals surface area contributed by atoms with Crippen LogP contribution in [0.1, 0.15) is 43.5 Å². The highest BCUT2D eigenvalue weighted by molar-refractivity contribution is 7.89. The van der Waals surface area contributed by atoms with Crippen LogP contribution in [-0.4, -0.2) is 73.6 Å². The van der Waals surface area contributed by atoms with E-state index < -0.39 is 10.0 Å². The lowest BCUT2D eigenvalue weighted by Crippen LogP contribution is -2.49. The molecule has 3 rings (SSSR count). The maximum absolute atomic E-state index is 13.0. The average molecular weight is 408 g/mol. The second-order valence-electron chi connectivity index (χ2n) is 7.63. The van der Waals surface area contributed by atoms with Crippen molar-refractivity contribution in [3.8, 4) is 0 Å². The van der Waals surface area contributed by atoms with Crippen LogP contribution in [-0.2, 0) is 14.8 Å². The average Bonchev–Trinajstić information content (AvgIpc) is 3.51. The Hall–Kier alpha value is -1.93. The molecule has 0 aromatic heterocycles. The molecule has 7 nitrogen and oxygen atoms in total. The lowest BCUT2D eigenvalue weighted by Gasteiger charge is -2.33. The van der Waals surface area contributed by atoms with E-state index in [1.165, 1.54) is 23.4 Å². The van der Waals surface area contributed by atoms with Gasteiger partial charge < -0.3 is 9.80 Å². The third kappa shape index (κ3) is 4.72. The minimum absolute atomic E-state index is 0.0451. The predicted molar refractivity (Wildman–Crippen MR) is 106 cm³/mol. The van der Waals surface area contributed by atoms with Gasteiger partial charge in [0.1, 0.15) is 0 Å². The molecule has 1 saturated heterocycles. The van der Waals surface area contributed by atoms with E-state index in [9.17, 15) is 18.0 Å². The summed E-state index contributed by atoms with van der Waals surface area (Å²) in [4.78, 5) is 28.0. The summed E-state index contributed by atoms with van der Waals surface area (Å²) in [5.74, 6) is 0.434.